The minimum absolute atomic E-state index is 0.0572. The Balaban J connectivity index is 1.90. The molecule has 1 heterocycles. The van der Waals surface area contributed by atoms with Gasteiger partial charge in [-0.1, -0.05) is 30.3 Å². The smallest absolute Gasteiger partial charge is 0.267 e. The Morgan fingerprint density at radius 3 is 2.59 bits per heavy atom. The SMILES string of the molecule is COCCNCCNC(=O)c1ccc(-c2ccccc2)n1C. The maximum absolute atomic E-state index is 12.2. The summed E-state index contributed by atoms with van der Waals surface area (Å²) >= 11 is 0. The predicted molar refractivity (Wildman–Crippen MR) is 87.9 cm³/mol. The van der Waals surface area contributed by atoms with Gasteiger partial charge >= 0.3 is 0 Å². The van der Waals surface area contributed by atoms with E-state index in [1.165, 1.54) is 0 Å². The third kappa shape index (κ3) is 4.19. The zero-order valence-corrected chi connectivity index (χ0v) is 13.1. The van der Waals surface area contributed by atoms with Crippen LogP contribution in [0.4, 0.5) is 0 Å². The van der Waals surface area contributed by atoms with Gasteiger partial charge in [-0.25, -0.2) is 0 Å². The number of rotatable bonds is 8. The molecule has 0 atom stereocenters. The number of nitrogens with one attached hydrogen (secondary N) is 2. The molecular weight excluding hydrogens is 278 g/mol. The van der Waals surface area contributed by atoms with Gasteiger partial charge in [0.15, 0.2) is 0 Å². The molecule has 5 heteroatoms. The van der Waals surface area contributed by atoms with Crippen molar-refractivity contribution in [3.63, 3.8) is 0 Å². The van der Waals surface area contributed by atoms with E-state index >= 15 is 0 Å². The Morgan fingerprint density at radius 2 is 1.86 bits per heavy atom. The van der Waals surface area contributed by atoms with Gasteiger partial charge in [0, 0.05) is 39.5 Å². The van der Waals surface area contributed by atoms with E-state index in [2.05, 4.69) is 10.6 Å². The number of hydrogen-bond acceptors (Lipinski definition) is 3. The number of aromatic nitrogens is 1. The molecule has 0 bridgehead atoms. The number of hydrogen-bond donors (Lipinski definition) is 2. The molecule has 0 aliphatic heterocycles. The summed E-state index contributed by atoms with van der Waals surface area (Å²) in [6.07, 6.45) is 0. The lowest BCUT2D eigenvalue weighted by molar-refractivity contribution is 0.0945. The fraction of sp³-hybridized carbons (Fsp3) is 0.353. The number of nitrogens with zero attached hydrogens (tertiary/aromatic N) is 1. The lowest BCUT2D eigenvalue weighted by Crippen LogP contribution is -2.33. The lowest BCUT2D eigenvalue weighted by atomic mass is 10.2. The van der Waals surface area contributed by atoms with E-state index in [-0.39, 0.29) is 5.91 Å². The van der Waals surface area contributed by atoms with Gasteiger partial charge in [0.1, 0.15) is 5.69 Å². The van der Waals surface area contributed by atoms with E-state index in [0.717, 1.165) is 24.3 Å². The first-order chi connectivity index (χ1) is 10.7. The summed E-state index contributed by atoms with van der Waals surface area (Å²) in [5.41, 5.74) is 2.80. The minimum atomic E-state index is -0.0572. The Hall–Kier alpha value is -2.11. The van der Waals surface area contributed by atoms with E-state index in [9.17, 15) is 4.79 Å². The molecule has 0 fully saturated rings. The van der Waals surface area contributed by atoms with E-state index in [1.54, 1.807) is 7.11 Å². The first kappa shape index (κ1) is 16.3. The van der Waals surface area contributed by atoms with Gasteiger partial charge in [0.05, 0.1) is 6.61 Å². The fourth-order valence-electron chi connectivity index (χ4n) is 2.29. The number of methoxy groups -OCH3 is 1. The molecule has 0 unspecified atom stereocenters. The van der Waals surface area contributed by atoms with E-state index in [4.69, 9.17) is 4.74 Å². The number of benzene rings is 1. The highest BCUT2D eigenvalue weighted by Gasteiger charge is 2.12. The van der Waals surface area contributed by atoms with Crippen molar-refractivity contribution in [2.75, 3.05) is 33.4 Å². The molecule has 1 aromatic heterocycles. The number of ether oxygens (including phenoxy) is 1. The topological polar surface area (TPSA) is 55.3 Å². The second-order valence-electron chi connectivity index (χ2n) is 5.03. The van der Waals surface area contributed by atoms with Crippen LogP contribution in [0.3, 0.4) is 0 Å². The van der Waals surface area contributed by atoms with Crippen LogP contribution in [0.15, 0.2) is 42.5 Å². The Kier molecular flexibility index (Phi) is 6.18. The van der Waals surface area contributed by atoms with Crippen LogP contribution < -0.4 is 10.6 Å². The van der Waals surface area contributed by atoms with Gasteiger partial charge in [-0.2, -0.15) is 0 Å². The molecule has 1 aromatic carbocycles. The summed E-state index contributed by atoms with van der Waals surface area (Å²) in [6, 6.07) is 13.9. The second-order valence-corrected chi connectivity index (χ2v) is 5.03. The molecule has 5 nitrogen and oxygen atoms in total. The quantitative estimate of drug-likeness (QED) is 0.729. The third-order valence-electron chi connectivity index (χ3n) is 3.49. The van der Waals surface area contributed by atoms with Crippen molar-refractivity contribution in [3.05, 3.63) is 48.2 Å². The van der Waals surface area contributed by atoms with Crippen molar-refractivity contribution in [1.82, 2.24) is 15.2 Å². The zero-order chi connectivity index (χ0) is 15.8. The summed E-state index contributed by atoms with van der Waals surface area (Å²) < 4.78 is 6.87. The first-order valence-electron chi connectivity index (χ1n) is 7.43. The predicted octanol–water partition coefficient (Wildman–Crippen LogP) is 1.66. The van der Waals surface area contributed by atoms with Crippen LogP contribution in [-0.2, 0) is 11.8 Å². The van der Waals surface area contributed by atoms with Gasteiger partial charge in [-0.15, -0.1) is 0 Å². The molecule has 2 rings (SSSR count). The molecule has 0 saturated carbocycles. The Morgan fingerprint density at radius 1 is 1.09 bits per heavy atom. The van der Waals surface area contributed by atoms with Gasteiger partial charge < -0.3 is 19.9 Å². The molecular formula is C17H23N3O2. The van der Waals surface area contributed by atoms with E-state index in [0.29, 0.717) is 18.8 Å². The van der Waals surface area contributed by atoms with Gasteiger partial charge in [0.2, 0.25) is 0 Å². The first-order valence-corrected chi connectivity index (χ1v) is 7.43. The second kappa shape index (κ2) is 8.36. The molecule has 1 amide bonds. The van der Waals surface area contributed by atoms with E-state index < -0.39 is 0 Å². The summed E-state index contributed by atoms with van der Waals surface area (Å²) in [4.78, 5) is 12.2. The molecule has 0 spiro atoms. The van der Waals surface area contributed by atoms with Crippen molar-refractivity contribution < 1.29 is 9.53 Å². The molecule has 0 aliphatic carbocycles. The third-order valence-corrected chi connectivity index (χ3v) is 3.49. The highest BCUT2D eigenvalue weighted by molar-refractivity contribution is 5.93. The highest BCUT2D eigenvalue weighted by Crippen LogP contribution is 2.21. The Labute approximate surface area is 131 Å². The van der Waals surface area contributed by atoms with Crippen molar-refractivity contribution in [2.45, 2.75) is 0 Å². The monoisotopic (exact) mass is 301 g/mol. The van der Waals surface area contributed by atoms with Crippen molar-refractivity contribution in [1.29, 1.82) is 0 Å². The highest BCUT2D eigenvalue weighted by atomic mass is 16.5. The van der Waals surface area contributed by atoms with Gasteiger partial charge in [-0.3, -0.25) is 4.79 Å². The Bertz CT molecular complexity index is 593. The number of carbonyl (C=O) groups excluding carboxylic acids is 1. The summed E-state index contributed by atoms with van der Waals surface area (Å²) in [7, 11) is 3.58. The van der Waals surface area contributed by atoms with Crippen molar-refractivity contribution in [3.8, 4) is 11.3 Å². The standard InChI is InChI=1S/C17H23N3O2/c1-20-15(14-6-4-3-5-7-14)8-9-16(20)17(21)19-11-10-18-12-13-22-2/h3-9,18H,10-13H2,1-2H3,(H,19,21). The molecule has 22 heavy (non-hydrogen) atoms. The summed E-state index contributed by atoms with van der Waals surface area (Å²) in [5, 5.41) is 6.11. The average molecular weight is 301 g/mol. The van der Waals surface area contributed by atoms with Crippen LogP contribution >= 0.6 is 0 Å². The van der Waals surface area contributed by atoms with Crippen LogP contribution in [0, 0.1) is 0 Å². The van der Waals surface area contributed by atoms with Crippen LogP contribution in [0.25, 0.3) is 11.3 Å². The molecule has 118 valence electrons. The van der Waals surface area contributed by atoms with Crippen molar-refractivity contribution >= 4 is 5.91 Å². The van der Waals surface area contributed by atoms with Crippen LogP contribution in [0.5, 0.6) is 0 Å². The number of amides is 1. The normalized spacial score (nSPS) is 10.6. The van der Waals surface area contributed by atoms with Crippen molar-refractivity contribution in [2.24, 2.45) is 7.05 Å². The van der Waals surface area contributed by atoms with Crippen LogP contribution in [0.1, 0.15) is 10.5 Å². The van der Waals surface area contributed by atoms with Crippen LogP contribution in [-0.4, -0.2) is 43.8 Å². The largest absolute Gasteiger partial charge is 0.383 e. The molecule has 0 saturated heterocycles. The molecule has 2 aromatic rings. The summed E-state index contributed by atoms with van der Waals surface area (Å²) in [5.74, 6) is -0.0572. The minimum Gasteiger partial charge on any atom is -0.383 e. The molecule has 0 radical (unpaired) electrons. The summed E-state index contributed by atoms with van der Waals surface area (Å²) in [6.45, 7) is 2.78. The maximum atomic E-state index is 12.2. The molecule has 2 N–H and O–H groups in total. The average Bonchev–Trinajstić information content (AvgIpc) is 2.93. The van der Waals surface area contributed by atoms with Gasteiger partial charge in [-0.05, 0) is 17.7 Å². The van der Waals surface area contributed by atoms with Crippen LogP contribution in [0.2, 0.25) is 0 Å². The van der Waals surface area contributed by atoms with E-state index in [1.807, 2.05) is 54.1 Å². The van der Waals surface area contributed by atoms with Gasteiger partial charge in [0.25, 0.3) is 5.91 Å². The fourth-order valence-corrected chi connectivity index (χ4v) is 2.29. The molecule has 0 aliphatic rings. The zero-order valence-electron chi connectivity index (χ0n) is 13.1. The number of carbonyl (C=O) groups is 1. The lowest BCUT2D eigenvalue weighted by Gasteiger charge is -2.09. The maximum Gasteiger partial charge on any atom is 0.267 e.